The molecular weight excluding hydrogens is 290 g/mol. The maximum Gasteiger partial charge on any atom is 0.233 e. The van der Waals surface area contributed by atoms with Gasteiger partial charge in [-0.05, 0) is 30.5 Å². The molecule has 0 unspecified atom stereocenters. The van der Waals surface area contributed by atoms with Crippen molar-refractivity contribution in [3.05, 3.63) is 35.9 Å². The molecule has 0 aliphatic rings. The van der Waals surface area contributed by atoms with Crippen LogP contribution in [0.4, 0.5) is 11.6 Å². The fourth-order valence-corrected chi connectivity index (χ4v) is 2.01. The van der Waals surface area contributed by atoms with E-state index in [1.807, 2.05) is 12.1 Å². The van der Waals surface area contributed by atoms with Crippen LogP contribution in [-0.4, -0.2) is 30.1 Å². The van der Waals surface area contributed by atoms with E-state index >= 15 is 0 Å². The number of anilines is 2. The first-order chi connectivity index (χ1) is 10.2. The monoisotopic (exact) mass is 307 g/mol. The third kappa shape index (κ3) is 4.49. The lowest BCUT2D eigenvalue weighted by atomic mass is 10.1. The van der Waals surface area contributed by atoms with E-state index in [1.54, 1.807) is 20.3 Å². The molecule has 0 saturated carbocycles. The molecule has 0 spiro atoms. The zero-order valence-electron chi connectivity index (χ0n) is 12.1. The van der Waals surface area contributed by atoms with Crippen LogP contribution in [0.2, 0.25) is 0 Å². The number of hydrogen-bond acceptors (Lipinski definition) is 5. The van der Waals surface area contributed by atoms with Crippen molar-refractivity contribution >= 4 is 23.2 Å². The summed E-state index contributed by atoms with van der Waals surface area (Å²) in [5.74, 6) is 1.99. The van der Waals surface area contributed by atoms with Gasteiger partial charge in [0.05, 0.1) is 20.3 Å². The van der Waals surface area contributed by atoms with Gasteiger partial charge in [-0.25, -0.2) is 0 Å². The number of alkyl halides is 1. The molecule has 0 saturated heterocycles. The second-order valence-corrected chi connectivity index (χ2v) is 4.77. The van der Waals surface area contributed by atoms with Crippen molar-refractivity contribution in [2.45, 2.75) is 12.8 Å². The summed E-state index contributed by atoms with van der Waals surface area (Å²) in [4.78, 5) is 8.48. The maximum absolute atomic E-state index is 5.72. The van der Waals surface area contributed by atoms with Gasteiger partial charge in [0.1, 0.15) is 0 Å². The lowest BCUT2D eigenvalue weighted by Gasteiger charge is -2.09. The molecule has 1 N–H and O–H groups in total. The van der Waals surface area contributed by atoms with Gasteiger partial charge in [0, 0.05) is 11.6 Å². The summed E-state index contributed by atoms with van der Waals surface area (Å²) < 4.78 is 10.3. The number of methoxy groups -OCH3 is 2. The van der Waals surface area contributed by atoms with Crippen LogP contribution in [0, 0.1) is 0 Å². The van der Waals surface area contributed by atoms with Crippen molar-refractivity contribution in [2.24, 2.45) is 0 Å². The molecule has 112 valence electrons. The zero-order chi connectivity index (χ0) is 15.1. The molecule has 0 fully saturated rings. The summed E-state index contributed by atoms with van der Waals surface area (Å²) in [6.45, 7) is 0. The van der Waals surface area contributed by atoms with Crippen LogP contribution in [-0.2, 0) is 6.42 Å². The van der Waals surface area contributed by atoms with Crippen LogP contribution in [0.25, 0.3) is 0 Å². The lowest BCUT2D eigenvalue weighted by Crippen LogP contribution is -2.01. The van der Waals surface area contributed by atoms with Crippen LogP contribution < -0.4 is 14.8 Å². The van der Waals surface area contributed by atoms with Crippen LogP contribution in [0.5, 0.6) is 11.8 Å². The van der Waals surface area contributed by atoms with Gasteiger partial charge in [0.25, 0.3) is 0 Å². The average Bonchev–Trinajstić information content (AvgIpc) is 2.52. The van der Waals surface area contributed by atoms with Gasteiger partial charge in [-0.3, -0.25) is 0 Å². The normalized spacial score (nSPS) is 10.2. The molecule has 0 amide bonds. The summed E-state index contributed by atoms with van der Waals surface area (Å²) in [5.41, 5.74) is 2.13. The fourth-order valence-electron chi connectivity index (χ4n) is 1.87. The van der Waals surface area contributed by atoms with Crippen molar-refractivity contribution in [1.29, 1.82) is 0 Å². The molecule has 0 bridgehead atoms. The fraction of sp³-hybridized carbons (Fsp3) is 0.333. The van der Waals surface area contributed by atoms with Crippen molar-refractivity contribution in [3.8, 4) is 11.8 Å². The molecule has 1 aromatic carbocycles. The molecule has 2 rings (SSSR count). The Hall–Kier alpha value is -2.01. The highest BCUT2D eigenvalue weighted by Crippen LogP contribution is 2.21. The predicted octanol–water partition coefficient (Wildman–Crippen LogP) is 3.41. The Kier molecular flexibility index (Phi) is 5.63. The van der Waals surface area contributed by atoms with E-state index in [2.05, 4.69) is 27.4 Å². The molecule has 2 aromatic rings. The summed E-state index contributed by atoms with van der Waals surface area (Å²) in [6, 6.07) is 9.71. The van der Waals surface area contributed by atoms with Gasteiger partial charge < -0.3 is 14.8 Å². The van der Waals surface area contributed by atoms with Gasteiger partial charge >= 0.3 is 0 Å². The molecule has 21 heavy (non-hydrogen) atoms. The van der Waals surface area contributed by atoms with E-state index in [0.717, 1.165) is 18.5 Å². The molecule has 1 heterocycles. The van der Waals surface area contributed by atoms with Gasteiger partial charge in [-0.2, -0.15) is 9.97 Å². The van der Waals surface area contributed by atoms with E-state index in [-0.39, 0.29) is 0 Å². The van der Waals surface area contributed by atoms with E-state index in [9.17, 15) is 0 Å². The van der Waals surface area contributed by atoms with Crippen molar-refractivity contribution in [2.75, 3.05) is 25.4 Å². The number of aromatic nitrogens is 2. The molecule has 0 aliphatic heterocycles. The standard InChI is InChI=1S/C15H18ClN3O2/c1-20-13-10-14(21-2)19-15(18-13)17-12-7-3-5-11(9-12)6-4-8-16/h3,5,7,9-10H,4,6,8H2,1-2H3,(H,17,18,19). The minimum absolute atomic E-state index is 0.431. The Balaban J connectivity index is 2.17. The zero-order valence-corrected chi connectivity index (χ0v) is 12.9. The Labute approximate surface area is 129 Å². The summed E-state index contributed by atoms with van der Waals surface area (Å²) in [6.07, 6.45) is 1.90. The van der Waals surface area contributed by atoms with Gasteiger partial charge in [0.2, 0.25) is 17.7 Å². The predicted molar refractivity (Wildman–Crippen MR) is 83.9 cm³/mol. The molecular formula is C15H18ClN3O2. The van der Waals surface area contributed by atoms with Crippen molar-refractivity contribution in [3.63, 3.8) is 0 Å². The number of halogens is 1. The number of rotatable bonds is 7. The van der Waals surface area contributed by atoms with Crippen LogP contribution in [0.1, 0.15) is 12.0 Å². The van der Waals surface area contributed by atoms with Gasteiger partial charge in [-0.15, -0.1) is 11.6 Å². The van der Waals surface area contributed by atoms with Crippen LogP contribution in [0.3, 0.4) is 0 Å². The Morgan fingerprint density at radius 3 is 2.43 bits per heavy atom. The van der Waals surface area contributed by atoms with Crippen molar-refractivity contribution < 1.29 is 9.47 Å². The van der Waals surface area contributed by atoms with E-state index in [1.165, 1.54) is 5.56 Å². The van der Waals surface area contributed by atoms with Gasteiger partial charge in [-0.1, -0.05) is 12.1 Å². The number of aryl methyl sites for hydroxylation is 1. The maximum atomic E-state index is 5.72. The second-order valence-electron chi connectivity index (χ2n) is 4.39. The largest absolute Gasteiger partial charge is 0.481 e. The molecule has 0 aliphatic carbocycles. The molecule has 6 heteroatoms. The van der Waals surface area contributed by atoms with Crippen LogP contribution in [0.15, 0.2) is 30.3 Å². The van der Waals surface area contributed by atoms with E-state index in [0.29, 0.717) is 23.6 Å². The second kappa shape index (κ2) is 7.69. The highest BCUT2D eigenvalue weighted by molar-refractivity contribution is 6.17. The minimum atomic E-state index is 0.431. The summed E-state index contributed by atoms with van der Waals surface area (Å²) in [7, 11) is 3.11. The molecule has 5 nitrogen and oxygen atoms in total. The number of nitrogens with zero attached hydrogens (tertiary/aromatic N) is 2. The number of hydrogen-bond donors (Lipinski definition) is 1. The molecule has 1 aromatic heterocycles. The average molecular weight is 308 g/mol. The SMILES string of the molecule is COc1cc(OC)nc(Nc2cccc(CCCCl)c2)n1. The summed E-state index contributed by atoms with van der Waals surface area (Å²) in [5, 5.41) is 3.15. The Bertz CT molecular complexity index is 571. The number of benzene rings is 1. The Morgan fingerprint density at radius 1 is 1.10 bits per heavy atom. The number of nitrogens with one attached hydrogen (secondary N) is 1. The van der Waals surface area contributed by atoms with Gasteiger partial charge in [0.15, 0.2) is 0 Å². The van der Waals surface area contributed by atoms with Crippen LogP contribution >= 0.6 is 11.6 Å². The molecule has 0 radical (unpaired) electrons. The first-order valence-corrected chi connectivity index (χ1v) is 7.17. The molecule has 0 atom stereocenters. The summed E-state index contributed by atoms with van der Waals surface area (Å²) >= 11 is 5.72. The van der Waals surface area contributed by atoms with E-state index < -0.39 is 0 Å². The van der Waals surface area contributed by atoms with E-state index in [4.69, 9.17) is 21.1 Å². The topological polar surface area (TPSA) is 56.3 Å². The Morgan fingerprint density at radius 2 is 1.81 bits per heavy atom. The highest BCUT2D eigenvalue weighted by Gasteiger charge is 2.06. The first-order valence-electron chi connectivity index (χ1n) is 6.64. The quantitative estimate of drug-likeness (QED) is 0.794. The minimum Gasteiger partial charge on any atom is -0.481 e. The smallest absolute Gasteiger partial charge is 0.233 e. The third-order valence-corrected chi connectivity index (χ3v) is 3.15. The third-order valence-electron chi connectivity index (χ3n) is 2.88. The lowest BCUT2D eigenvalue weighted by molar-refractivity contribution is 0.373. The highest BCUT2D eigenvalue weighted by atomic mass is 35.5. The number of ether oxygens (including phenoxy) is 2. The first kappa shape index (κ1) is 15.4. The van der Waals surface area contributed by atoms with Crippen molar-refractivity contribution in [1.82, 2.24) is 9.97 Å².